The lowest BCUT2D eigenvalue weighted by Gasteiger charge is -2.08. The van der Waals surface area contributed by atoms with Crippen LogP contribution in [-0.4, -0.2) is 12.1 Å². The van der Waals surface area contributed by atoms with E-state index in [1.54, 1.807) is 18.2 Å². The van der Waals surface area contributed by atoms with Crippen LogP contribution in [0.25, 0.3) is 10.8 Å². The predicted octanol–water partition coefficient (Wildman–Crippen LogP) is 4.05. The predicted molar refractivity (Wildman–Crippen MR) is 90.1 cm³/mol. The summed E-state index contributed by atoms with van der Waals surface area (Å²) >= 11 is 0. The largest absolute Gasteiger partial charge is 0.272 e. The number of carbonyl (C=O) groups excluding carboxylic acids is 1. The second kappa shape index (κ2) is 6.40. The quantitative estimate of drug-likeness (QED) is 0.575. The molecule has 0 spiro atoms. The number of halogens is 1. The molecule has 0 radical (unpaired) electrons. The third-order valence-electron chi connectivity index (χ3n) is 3.64. The lowest BCUT2D eigenvalue weighted by atomic mass is 9.99. The average molecular weight is 306 g/mol. The maximum atomic E-state index is 13.5. The smallest absolute Gasteiger partial charge is 0.267 e. The zero-order chi connectivity index (χ0) is 16.2. The van der Waals surface area contributed by atoms with Crippen LogP contribution in [0, 0.1) is 12.7 Å². The molecule has 0 aliphatic carbocycles. The Balaban J connectivity index is 1.87. The topological polar surface area (TPSA) is 41.5 Å². The van der Waals surface area contributed by atoms with E-state index in [2.05, 4.69) is 10.5 Å². The van der Waals surface area contributed by atoms with Gasteiger partial charge in [0.25, 0.3) is 5.91 Å². The maximum Gasteiger partial charge on any atom is 0.272 e. The number of carbonyl (C=O) groups is 1. The second-order valence-electron chi connectivity index (χ2n) is 5.20. The second-order valence-corrected chi connectivity index (χ2v) is 5.20. The number of fused-ring (bicyclic) bond motifs is 1. The summed E-state index contributed by atoms with van der Waals surface area (Å²) in [5, 5.41) is 5.72. The van der Waals surface area contributed by atoms with Crippen LogP contribution >= 0.6 is 0 Å². The molecular formula is C19H15FN2O. The van der Waals surface area contributed by atoms with Crippen LogP contribution in [0.2, 0.25) is 0 Å². The molecule has 0 heterocycles. The van der Waals surface area contributed by atoms with Crippen molar-refractivity contribution in [2.75, 3.05) is 0 Å². The van der Waals surface area contributed by atoms with Crippen LogP contribution in [0.15, 0.2) is 65.8 Å². The first-order valence-corrected chi connectivity index (χ1v) is 7.23. The standard InChI is InChI=1S/C19H15FN2O/c1-13-10-11-14-6-2-4-8-16(14)18(13)19(23)22-21-12-15-7-3-5-9-17(15)20/h2-12H,1H3,(H,22,23)/b21-12-. The number of nitrogens with one attached hydrogen (secondary N) is 1. The Morgan fingerprint density at radius 2 is 1.78 bits per heavy atom. The van der Waals surface area contributed by atoms with Crippen LogP contribution in [0.3, 0.4) is 0 Å². The molecule has 3 nitrogen and oxygen atoms in total. The van der Waals surface area contributed by atoms with Gasteiger partial charge in [-0.3, -0.25) is 4.79 Å². The van der Waals surface area contributed by atoms with Crippen LogP contribution in [0.5, 0.6) is 0 Å². The van der Waals surface area contributed by atoms with Gasteiger partial charge in [0, 0.05) is 5.56 Å². The maximum absolute atomic E-state index is 13.5. The summed E-state index contributed by atoms with van der Waals surface area (Å²) in [5.41, 5.74) is 4.23. The lowest BCUT2D eigenvalue weighted by molar-refractivity contribution is 0.0956. The number of aryl methyl sites for hydroxylation is 1. The normalized spacial score (nSPS) is 11.0. The van der Waals surface area contributed by atoms with Gasteiger partial charge in [-0.2, -0.15) is 5.10 Å². The minimum Gasteiger partial charge on any atom is -0.267 e. The highest BCUT2D eigenvalue weighted by molar-refractivity contribution is 6.08. The van der Waals surface area contributed by atoms with Gasteiger partial charge in [0.2, 0.25) is 0 Å². The van der Waals surface area contributed by atoms with Crippen LogP contribution in [-0.2, 0) is 0 Å². The van der Waals surface area contributed by atoms with Crippen molar-refractivity contribution in [3.63, 3.8) is 0 Å². The molecule has 0 bridgehead atoms. The molecule has 1 amide bonds. The number of amides is 1. The van der Waals surface area contributed by atoms with Crippen molar-refractivity contribution in [2.45, 2.75) is 6.92 Å². The number of benzene rings is 3. The van der Waals surface area contributed by atoms with E-state index in [4.69, 9.17) is 0 Å². The van der Waals surface area contributed by atoms with Crippen LogP contribution in [0.4, 0.5) is 4.39 Å². The molecule has 0 fully saturated rings. The molecule has 0 saturated heterocycles. The minimum absolute atomic E-state index is 0.313. The molecule has 23 heavy (non-hydrogen) atoms. The summed E-state index contributed by atoms with van der Waals surface area (Å²) in [4.78, 5) is 12.4. The third kappa shape index (κ3) is 3.11. The van der Waals surface area contributed by atoms with Crippen molar-refractivity contribution in [3.8, 4) is 0 Å². The fourth-order valence-corrected chi connectivity index (χ4v) is 2.48. The summed E-state index contributed by atoms with van der Waals surface area (Å²) in [7, 11) is 0. The zero-order valence-electron chi connectivity index (χ0n) is 12.6. The molecule has 3 aromatic carbocycles. The molecule has 0 aliphatic heterocycles. The van der Waals surface area contributed by atoms with Gasteiger partial charge in [-0.15, -0.1) is 0 Å². The SMILES string of the molecule is Cc1ccc2ccccc2c1C(=O)N/N=C\c1ccccc1F. The fraction of sp³-hybridized carbons (Fsp3) is 0.0526. The fourth-order valence-electron chi connectivity index (χ4n) is 2.48. The summed E-state index contributed by atoms with van der Waals surface area (Å²) in [5.74, 6) is -0.696. The van der Waals surface area contributed by atoms with Gasteiger partial charge in [0.15, 0.2) is 0 Å². The molecule has 4 heteroatoms. The van der Waals surface area contributed by atoms with Crippen molar-refractivity contribution >= 4 is 22.9 Å². The number of hydrogen-bond acceptors (Lipinski definition) is 2. The van der Waals surface area contributed by atoms with Crippen molar-refractivity contribution < 1.29 is 9.18 Å². The van der Waals surface area contributed by atoms with Crippen molar-refractivity contribution in [1.29, 1.82) is 0 Å². The molecule has 0 aromatic heterocycles. The van der Waals surface area contributed by atoms with E-state index in [9.17, 15) is 9.18 Å². The van der Waals surface area contributed by atoms with E-state index < -0.39 is 0 Å². The number of hydrazone groups is 1. The Hall–Kier alpha value is -3.01. The molecule has 3 aromatic rings. The van der Waals surface area contributed by atoms with Gasteiger partial charge in [-0.1, -0.05) is 54.6 Å². The van der Waals surface area contributed by atoms with Crippen LogP contribution < -0.4 is 5.43 Å². The van der Waals surface area contributed by atoms with E-state index >= 15 is 0 Å². The van der Waals surface area contributed by atoms with Gasteiger partial charge in [-0.25, -0.2) is 9.82 Å². The molecule has 1 N–H and O–H groups in total. The van der Waals surface area contributed by atoms with E-state index in [1.165, 1.54) is 12.3 Å². The van der Waals surface area contributed by atoms with Gasteiger partial charge in [-0.05, 0) is 29.3 Å². The van der Waals surface area contributed by atoms with E-state index in [-0.39, 0.29) is 11.7 Å². The number of nitrogens with zero attached hydrogens (tertiary/aromatic N) is 1. The zero-order valence-corrected chi connectivity index (χ0v) is 12.6. The first kappa shape index (κ1) is 14.9. The van der Waals surface area contributed by atoms with Crippen molar-refractivity contribution in [2.24, 2.45) is 5.10 Å². The molecular weight excluding hydrogens is 291 g/mol. The Bertz CT molecular complexity index is 903. The first-order valence-electron chi connectivity index (χ1n) is 7.23. The molecule has 0 aliphatic rings. The highest BCUT2D eigenvalue weighted by Crippen LogP contribution is 2.22. The third-order valence-corrected chi connectivity index (χ3v) is 3.64. The van der Waals surface area contributed by atoms with Gasteiger partial charge >= 0.3 is 0 Å². The highest BCUT2D eigenvalue weighted by Gasteiger charge is 2.12. The lowest BCUT2D eigenvalue weighted by Crippen LogP contribution is -2.19. The summed E-state index contributed by atoms with van der Waals surface area (Å²) in [6, 6.07) is 17.8. The van der Waals surface area contributed by atoms with Crippen LogP contribution in [0.1, 0.15) is 21.5 Å². The van der Waals surface area contributed by atoms with E-state index in [0.717, 1.165) is 16.3 Å². The van der Waals surface area contributed by atoms with Gasteiger partial charge in [0.05, 0.1) is 11.8 Å². The summed E-state index contributed by atoms with van der Waals surface area (Å²) in [6.45, 7) is 1.88. The Morgan fingerprint density at radius 3 is 2.61 bits per heavy atom. The van der Waals surface area contributed by atoms with Gasteiger partial charge < -0.3 is 0 Å². The minimum atomic E-state index is -0.383. The molecule has 0 atom stereocenters. The summed E-state index contributed by atoms with van der Waals surface area (Å²) < 4.78 is 13.5. The molecule has 0 saturated carbocycles. The van der Waals surface area contributed by atoms with E-state index in [0.29, 0.717) is 11.1 Å². The highest BCUT2D eigenvalue weighted by atomic mass is 19.1. The Kier molecular flexibility index (Phi) is 4.15. The Labute approximate surface area is 133 Å². The summed E-state index contributed by atoms with van der Waals surface area (Å²) in [6.07, 6.45) is 1.30. The van der Waals surface area contributed by atoms with Crippen molar-refractivity contribution in [1.82, 2.24) is 5.43 Å². The van der Waals surface area contributed by atoms with E-state index in [1.807, 2.05) is 43.3 Å². The molecule has 3 rings (SSSR count). The van der Waals surface area contributed by atoms with Crippen molar-refractivity contribution in [3.05, 3.63) is 83.2 Å². The molecule has 114 valence electrons. The average Bonchev–Trinajstić information content (AvgIpc) is 2.56. The first-order chi connectivity index (χ1) is 11.2. The molecule has 0 unspecified atom stereocenters. The number of hydrogen-bond donors (Lipinski definition) is 1. The van der Waals surface area contributed by atoms with Gasteiger partial charge in [0.1, 0.15) is 5.82 Å². The Morgan fingerprint density at radius 1 is 1.04 bits per heavy atom. The monoisotopic (exact) mass is 306 g/mol. The number of rotatable bonds is 3.